The van der Waals surface area contributed by atoms with Gasteiger partial charge in [0.1, 0.15) is 11.4 Å². The Morgan fingerprint density at radius 2 is 1.84 bits per heavy atom. The number of rotatable bonds is 6. The van der Waals surface area contributed by atoms with E-state index >= 15 is 0 Å². The summed E-state index contributed by atoms with van der Waals surface area (Å²) in [4.78, 5) is 12.3. The average Bonchev–Trinajstić information content (AvgIpc) is 3.01. The molecule has 1 aromatic heterocycles. The van der Waals surface area contributed by atoms with E-state index in [-0.39, 0.29) is 12.3 Å². The van der Waals surface area contributed by atoms with Crippen LogP contribution in [0.25, 0.3) is 10.9 Å². The second-order valence-corrected chi connectivity index (χ2v) is 5.70. The fraction of sp³-hybridized carbons (Fsp3) is 0.250. The zero-order valence-corrected chi connectivity index (χ0v) is 14.6. The Labute approximate surface area is 146 Å². The second kappa shape index (κ2) is 7.40. The number of esters is 1. The largest absolute Gasteiger partial charge is 0.465 e. The number of fused-ring (bicyclic) bond motifs is 1. The molecule has 0 aliphatic carbocycles. The third-order valence-corrected chi connectivity index (χ3v) is 4.11. The summed E-state index contributed by atoms with van der Waals surface area (Å²) in [7, 11) is 2.97. The maximum atomic E-state index is 12.3. The number of nitrogens with zero attached hydrogens (tertiary/aromatic N) is 1. The fourth-order valence-corrected chi connectivity index (χ4v) is 2.80. The highest BCUT2D eigenvalue weighted by Gasteiger charge is 2.19. The lowest BCUT2D eigenvalue weighted by molar-refractivity contribution is -0.0373. The SMILES string of the molecule is COC(=O)c1cc2c(OC(C)OC)cccc2n1Cc1ccccc1. The highest BCUT2D eigenvalue weighted by Crippen LogP contribution is 2.30. The number of benzene rings is 2. The Morgan fingerprint density at radius 1 is 1.08 bits per heavy atom. The summed E-state index contributed by atoms with van der Waals surface area (Å²) in [6.45, 7) is 2.39. The summed E-state index contributed by atoms with van der Waals surface area (Å²) < 4.78 is 17.9. The van der Waals surface area contributed by atoms with E-state index in [1.807, 2.05) is 66.1 Å². The molecule has 0 N–H and O–H groups in total. The number of hydrogen-bond acceptors (Lipinski definition) is 4. The van der Waals surface area contributed by atoms with Crippen molar-refractivity contribution in [2.45, 2.75) is 19.8 Å². The monoisotopic (exact) mass is 339 g/mol. The van der Waals surface area contributed by atoms with Crippen molar-refractivity contribution < 1.29 is 19.0 Å². The Balaban J connectivity index is 2.12. The minimum Gasteiger partial charge on any atom is -0.465 e. The quantitative estimate of drug-likeness (QED) is 0.506. The summed E-state index contributed by atoms with van der Waals surface area (Å²) >= 11 is 0. The average molecular weight is 339 g/mol. The highest BCUT2D eigenvalue weighted by atomic mass is 16.7. The minimum absolute atomic E-state index is 0.377. The smallest absolute Gasteiger partial charge is 0.354 e. The number of carbonyl (C=O) groups is 1. The molecule has 0 saturated heterocycles. The lowest BCUT2D eigenvalue weighted by atomic mass is 10.2. The van der Waals surface area contributed by atoms with Crippen LogP contribution < -0.4 is 4.74 Å². The predicted molar refractivity (Wildman–Crippen MR) is 95.9 cm³/mol. The second-order valence-electron chi connectivity index (χ2n) is 5.70. The molecule has 5 nitrogen and oxygen atoms in total. The molecule has 0 fully saturated rings. The fourth-order valence-electron chi connectivity index (χ4n) is 2.80. The van der Waals surface area contributed by atoms with Gasteiger partial charge in [0.2, 0.25) is 0 Å². The minimum atomic E-state index is -0.385. The summed E-state index contributed by atoms with van der Waals surface area (Å²) in [5.41, 5.74) is 2.49. The molecule has 3 aromatic rings. The first-order chi connectivity index (χ1) is 12.1. The van der Waals surface area contributed by atoms with Crippen molar-refractivity contribution >= 4 is 16.9 Å². The summed E-state index contributed by atoms with van der Waals surface area (Å²) in [5.74, 6) is 0.293. The summed E-state index contributed by atoms with van der Waals surface area (Å²) in [6, 6.07) is 17.5. The molecule has 0 saturated carbocycles. The molecule has 0 radical (unpaired) electrons. The van der Waals surface area contributed by atoms with Crippen molar-refractivity contribution in [2.24, 2.45) is 0 Å². The van der Waals surface area contributed by atoms with Crippen LogP contribution in [0.5, 0.6) is 5.75 Å². The van der Waals surface area contributed by atoms with Crippen molar-refractivity contribution in [2.75, 3.05) is 14.2 Å². The van der Waals surface area contributed by atoms with Gasteiger partial charge in [-0.3, -0.25) is 0 Å². The Bertz CT molecular complexity index is 870. The Kier molecular flexibility index (Phi) is 5.05. The van der Waals surface area contributed by atoms with E-state index in [2.05, 4.69) is 0 Å². The van der Waals surface area contributed by atoms with Crippen molar-refractivity contribution in [1.29, 1.82) is 0 Å². The van der Waals surface area contributed by atoms with E-state index < -0.39 is 0 Å². The number of ether oxygens (including phenoxy) is 3. The molecular weight excluding hydrogens is 318 g/mol. The van der Waals surface area contributed by atoms with Gasteiger partial charge >= 0.3 is 5.97 Å². The first-order valence-electron chi connectivity index (χ1n) is 8.08. The van der Waals surface area contributed by atoms with E-state index in [1.165, 1.54) is 7.11 Å². The predicted octanol–water partition coefficient (Wildman–Crippen LogP) is 3.85. The zero-order valence-electron chi connectivity index (χ0n) is 14.6. The molecule has 3 rings (SSSR count). The lowest BCUT2D eigenvalue weighted by Gasteiger charge is -2.14. The molecule has 1 unspecified atom stereocenters. The first-order valence-corrected chi connectivity index (χ1v) is 8.08. The molecule has 2 aromatic carbocycles. The molecule has 1 atom stereocenters. The van der Waals surface area contributed by atoms with Crippen LogP contribution in [0.2, 0.25) is 0 Å². The van der Waals surface area contributed by atoms with Crippen molar-refractivity contribution in [1.82, 2.24) is 4.57 Å². The van der Waals surface area contributed by atoms with Gasteiger partial charge in [0.15, 0.2) is 6.29 Å². The van der Waals surface area contributed by atoms with E-state index in [1.54, 1.807) is 7.11 Å². The van der Waals surface area contributed by atoms with Gasteiger partial charge in [-0.1, -0.05) is 36.4 Å². The van der Waals surface area contributed by atoms with Gasteiger partial charge in [0.25, 0.3) is 0 Å². The number of aromatic nitrogens is 1. The molecule has 0 aliphatic heterocycles. The normalized spacial score (nSPS) is 12.1. The van der Waals surface area contributed by atoms with Gasteiger partial charge in [-0.15, -0.1) is 0 Å². The van der Waals surface area contributed by atoms with E-state index in [0.717, 1.165) is 16.5 Å². The molecule has 25 heavy (non-hydrogen) atoms. The van der Waals surface area contributed by atoms with Crippen LogP contribution in [0.1, 0.15) is 23.0 Å². The molecular formula is C20H21NO4. The Morgan fingerprint density at radius 3 is 2.52 bits per heavy atom. The van der Waals surface area contributed by atoms with E-state index in [0.29, 0.717) is 18.0 Å². The molecule has 5 heteroatoms. The van der Waals surface area contributed by atoms with Crippen LogP contribution >= 0.6 is 0 Å². The van der Waals surface area contributed by atoms with Gasteiger partial charge < -0.3 is 18.8 Å². The van der Waals surface area contributed by atoms with Gasteiger partial charge in [-0.2, -0.15) is 0 Å². The molecule has 0 spiro atoms. The van der Waals surface area contributed by atoms with Crippen LogP contribution in [0.15, 0.2) is 54.6 Å². The lowest BCUT2D eigenvalue weighted by Crippen LogP contribution is -2.13. The number of methoxy groups -OCH3 is 2. The third-order valence-electron chi connectivity index (χ3n) is 4.11. The van der Waals surface area contributed by atoms with Crippen LogP contribution in [-0.4, -0.2) is 31.0 Å². The molecule has 1 heterocycles. The number of hydrogen-bond donors (Lipinski definition) is 0. The van der Waals surface area contributed by atoms with E-state index in [4.69, 9.17) is 14.2 Å². The van der Waals surface area contributed by atoms with E-state index in [9.17, 15) is 4.79 Å². The standard InChI is InChI=1S/C20H21NO4/c1-14(23-2)25-19-11-7-10-17-16(19)12-18(20(22)24-3)21(17)13-15-8-5-4-6-9-15/h4-12,14H,13H2,1-3H3. The maximum absolute atomic E-state index is 12.3. The van der Waals surface area contributed by atoms with Crippen LogP contribution in [0, 0.1) is 0 Å². The van der Waals surface area contributed by atoms with Crippen LogP contribution in [0.4, 0.5) is 0 Å². The molecule has 0 aliphatic rings. The highest BCUT2D eigenvalue weighted by molar-refractivity contribution is 5.98. The van der Waals surface area contributed by atoms with Gasteiger partial charge in [0, 0.05) is 19.0 Å². The summed E-state index contributed by atoms with van der Waals surface area (Å²) in [5, 5.41) is 0.850. The van der Waals surface area contributed by atoms with Gasteiger partial charge in [-0.25, -0.2) is 4.79 Å². The molecule has 130 valence electrons. The van der Waals surface area contributed by atoms with Crippen LogP contribution in [-0.2, 0) is 16.0 Å². The maximum Gasteiger partial charge on any atom is 0.354 e. The van der Waals surface area contributed by atoms with Gasteiger partial charge in [-0.05, 0) is 30.7 Å². The van der Waals surface area contributed by atoms with Crippen molar-refractivity contribution in [3.63, 3.8) is 0 Å². The first kappa shape index (κ1) is 17.0. The van der Waals surface area contributed by atoms with Crippen LogP contribution in [0.3, 0.4) is 0 Å². The van der Waals surface area contributed by atoms with Crippen molar-refractivity contribution in [3.05, 3.63) is 65.9 Å². The molecule has 0 bridgehead atoms. The zero-order chi connectivity index (χ0) is 17.8. The Hall–Kier alpha value is -2.79. The number of carbonyl (C=O) groups excluding carboxylic acids is 1. The summed E-state index contributed by atoms with van der Waals surface area (Å²) in [6.07, 6.45) is -0.385. The third kappa shape index (κ3) is 3.51. The van der Waals surface area contributed by atoms with Crippen molar-refractivity contribution in [3.8, 4) is 5.75 Å². The molecule has 0 amide bonds. The topological polar surface area (TPSA) is 49.7 Å². The van der Waals surface area contributed by atoms with Gasteiger partial charge in [0.05, 0.1) is 12.6 Å².